The molecule has 0 heterocycles. The lowest BCUT2D eigenvalue weighted by molar-refractivity contribution is -0.120. The number of amides is 1. The van der Waals surface area contributed by atoms with Crippen molar-refractivity contribution >= 4 is 23.2 Å². The number of phenolic OH excluding ortho intramolecular Hbond substituents is 1. The number of halogens is 1. The van der Waals surface area contributed by atoms with Gasteiger partial charge in [-0.15, -0.1) is 0 Å². The normalized spacial score (nSPS) is 11.2. The molecule has 0 aliphatic heterocycles. The Bertz CT molecular complexity index is 603. The summed E-state index contributed by atoms with van der Waals surface area (Å²) in [5.41, 5.74) is 0.834. The third kappa shape index (κ3) is 3.11. The van der Waals surface area contributed by atoms with Crippen LogP contribution in [0.1, 0.15) is 19.4 Å². The van der Waals surface area contributed by atoms with E-state index in [4.69, 9.17) is 11.6 Å². The smallest absolute Gasteiger partial charge is 0.234 e. The van der Waals surface area contributed by atoms with Crippen LogP contribution in [0.25, 0.3) is 0 Å². The topological polar surface area (TPSA) is 49.3 Å². The van der Waals surface area contributed by atoms with Crippen LogP contribution < -0.4 is 5.32 Å². The van der Waals surface area contributed by atoms with Crippen LogP contribution in [-0.2, 0) is 10.2 Å². The minimum absolute atomic E-state index is 0.120. The second-order valence-corrected chi connectivity index (χ2v) is 5.57. The van der Waals surface area contributed by atoms with Crippen molar-refractivity contribution in [3.8, 4) is 5.75 Å². The first-order valence-electron chi connectivity index (χ1n) is 6.26. The lowest BCUT2D eigenvalue weighted by Gasteiger charge is -2.24. The van der Waals surface area contributed by atoms with Crippen LogP contribution in [-0.4, -0.2) is 11.0 Å². The SMILES string of the molecule is CC(C)(C(=O)Nc1ccc(Cl)cc1)c1ccc(O)cc1. The van der Waals surface area contributed by atoms with Gasteiger partial charge in [-0.1, -0.05) is 23.7 Å². The molecule has 0 saturated heterocycles. The molecule has 2 rings (SSSR count). The largest absolute Gasteiger partial charge is 0.508 e. The van der Waals surface area contributed by atoms with Crippen molar-refractivity contribution in [1.29, 1.82) is 0 Å². The third-order valence-electron chi connectivity index (χ3n) is 3.26. The maximum Gasteiger partial charge on any atom is 0.234 e. The molecule has 0 fully saturated rings. The molecule has 0 aliphatic rings. The van der Waals surface area contributed by atoms with Gasteiger partial charge in [0.2, 0.25) is 5.91 Å². The Labute approximate surface area is 123 Å². The number of hydrogen-bond acceptors (Lipinski definition) is 2. The Morgan fingerprint density at radius 1 is 1.05 bits per heavy atom. The molecule has 2 aromatic carbocycles. The molecule has 0 spiro atoms. The number of rotatable bonds is 3. The van der Waals surface area contributed by atoms with Crippen LogP contribution >= 0.6 is 11.6 Å². The number of hydrogen-bond donors (Lipinski definition) is 2. The van der Waals surface area contributed by atoms with E-state index in [0.29, 0.717) is 10.7 Å². The van der Waals surface area contributed by atoms with E-state index >= 15 is 0 Å². The van der Waals surface area contributed by atoms with Gasteiger partial charge in [0.05, 0.1) is 5.41 Å². The highest BCUT2D eigenvalue weighted by atomic mass is 35.5. The fraction of sp³-hybridized carbons (Fsp3) is 0.188. The zero-order valence-electron chi connectivity index (χ0n) is 11.4. The van der Waals surface area contributed by atoms with Crippen LogP contribution in [0.2, 0.25) is 5.02 Å². The lowest BCUT2D eigenvalue weighted by atomic mass is 9.83. The van der Waals surface area contributed by atoms with Gasteiger partial charge >= 0.3 is 0 Å². The number of nitrogens with one attached hydrogen (secondary N) is 1. The summed E-state index contributed by atoms with van der Waals surface area (Å²) in [6.07, 6.45) is 0. The standard InChI is InChI=1S/C16H16ClNO2/c1-16(2,11-3-9-14(19)10-4-11)15(20)18-13-7-5-12(17)6-8-13/h3-10,19H,1-2H3,(H,18,20). The molecule has 0 bridgehead atoms. The lowest BCUT2D eigenvalue weighted by Crippen LogP contribution is -2.34. The van der Waals surface area contributed by atoms with Gasteiger partial charge in [0.15, 0.2) is 0 Å². The fourth-order valence-electron chi connectivity index (χ4n) is 1.83. The van der Waals surface area contributed by atoms with Crippen molar-refractivity contribution in [2.24, 2.45) is 0 Å². The maximum atomic E-state index is 12.4. The molecule has 4 heteroatoms. The Morgan fingerprint density at radius 2 is 1.60 bits per heavy atom. The molecular formula is C16H16ClNO2. The van der Waals surface area contributed by atoms with Gasteiger partial charge in [0, 0.05) is 10.7 Å². The predicted octanol–water partition coefficient (Wildman–Crippen LogP) is 3.96. The van der Waals surface area contributed by atoms with E-state index in [1.165, 1.54) is 0 Å². The number of aromatic hydroxyl groups is 1. The van der Waals surface area contributed by atoms with Crippen LogP contribution in [0.5, 0.6) is 5.75 Å². The van der Waals surface area contributed by atoms with Crippen LogP contribution in [0, 0.1) is 0 Å². The van der Waals surface area contributed by atoms with Crippen molar-refractivity contribution in [3.63, 3.8) is 0 Å². The zero-order valence-corrected chi connectivity index (χ0v) is 12.1. The van der Waals surface area contributed by atoms with Gasteiger partial charge in [-0.05, 0) is 55.8 Å². The highest BCUT2D eigenvalue weighted by Crippen LogP contribution is 2.27. The van der Waals surface area contributed by atoms with Gasteiger partial charge < -0.3 is 10.4 Å². The molecule has 2 N–H and O–H groups in total. The summed E-state index contributed by atoms with van der Waals surface area (Å²) in [6.45, 7) is 3.68. The van der Waals surface area contributed by atoms with E-state index in [-0.39, 0.29) is 11.7 Å². The number of phenols is 1. The molecule has 0 saturated carbocycles. The first-order chi connectivity index (χ1) is 9.39. The maximum absolute atomic E-state index is 12.4. The quantitative estimate of drug-likeness (QED) is 0.898. The molecule has 104 valence electrons. The van der Waals surface area contributed by atoms with Gasteiger partial charge in [-0.2, -0.15) is 0 Å². The molecule has 0 aliphatic carbocycles. The van der Waals surface area contributed by atoms with Crippen LogP contribution in [0.3, 0.4) is 0 Å². The molecule has 20 heavy (non-hydrogen) atoms. The first kappa shape index (κ1) is 14.4. The number of carbonyl (C=O) groups is 1. The molecule has 2 aromatic rings. The Kier molecular flexibility index (Phi) is 4.00. The summed E-state index contributed by atoms with van der Waals surface area (Å²) < 4.78 is 0. The number of anilines is 1. The molecular weight excluding hydrogens is 274 g/mol. The average molecular weight is 290 g/mol. The Balaban J connectivity index is 2.18. The average Bonchev–Trinajstić information content (AvgIpc) is 2.42. The summed E-state index contributed by atoms with van der Waals surface area (Å²) >= 11 is 5.81. The second-order valence-electron chi connectivity index (χ2n) is 5.13. The fourth-order valence-corrected chi connectivity index (χ4v) is 1.96. The molecule has 1 amide bonds. The zero-order chi connectivity index (χ0) is 14.8. The van der Waals surface area contributed by atoms with Crippen LogP contribution in [0.4, 0.5) is 5.69 Å². The van der Waals surface area contributed by atoms with Gasteiger partial charge in [-0.25, -0.2) is 0 Å². The van der Waals surface area contributed by atoms with E-state index in [2.05, 4.69) is 5.32 Å². The number of benzene rings is 2. The van der Waals surface area contributed by atoms with Crippen molar-refractivity contribution < 1.29 is 9.90 Å². The van der Waals surface area contributed by atoms with Gasteiger partial charge in [0.1, 0.15) is 5.75 Å². The monoisotopic (exact) mass is 289 g/mol. The summed E-state index contributed by atoms with van der Waals surface area (Å²) in [4.78, 5) is 12.4. The summed E-state index contributed by atoms with van der Waals surface area (Å²) in [5.74, 6) is 0.0631. The molecule has 0 aromatic heterocycles. The van der Waals surface area contributed by atoms with E-state index in [0.717, 1.165) is 5.56 Å². The summed E-state index contributed by atoms with van der Waals surface area (Å²) in [6, 6.07) is 13.6. The Morgan fingerprint density at radius 3 is 2.15 bits per heavy atom. The molecule has 3 nitrogen and oxygen atoms in total. The predicted molar refractivity (Wildman–Crippen MR) is 81.2 cm³/mol. The van der Waals surface area contributed by atoms with Crippen molar-refractivity contribution in [2.45, 2.75) is 19.3 Å². The number of carbonyl (C=O) groups excluding carboxylic acids is 1. The summed E-state index contributed by atoms with van der Waals surface area (Å²) in [7, 11) is 0. The van der Waals surface area contributed by atoms with Crippen molar-refractivity contribution in [3.05, 3.63) is 59.1 Å². The third-order valence-corrected chi connectivity index (χ3v) is 3.51. The van der Waals surface area contributed by atoms with Crippen molar-refractivity contribution in [2.75, 3.05) is 5.32 Å². The van der Waals surface area contributed by atoms with Crippen molar-refractivity contribution in [1.82, 2.24) is 0 Å². The van der Waals surface area contributed by atoms with Gasteiger partial charge in [-0.3, -0.25) is 4.79 Å². The second kappa shape index (κ2) is 5.55. The van der Waals surface area contributed by atoms with E-state index in [1.807, 2.05) is 13.8 Å². The molecule has 0 radical (unpaired) electrons. The molecule has 0 atom stereocenters. The first-order valence-corrected chi connectivity index (χ1v) is 6.64. The molecule has 0 unspecified atom stereocenters. The minimum atomic E-state index is -0.701. The minimum Gasteiger partial charge on any atom is -0.508 e. The van der Waals surface area contributed by atoms with E-state index in [9.17, 15) is 9.90 Å². The van der Waals surface area contributed by atoms with Crippen LogP contribution in [0.15, 0.2) is 48.5 Å². The highest BCUT2D eigenvalue weighted by molar-refractivity contribution is 6.30. The Hall–Kier alpha value is -2.00. The van der Waals surface area contributed by atoms with E-state index < -0.39 is 5.41 Å². The summed E-state index contributed by atoms with van der Waals surface area (Å²) in [5, 5.41) is 12.8. The highest BCUT2D eigenvalue weighted by Gasteiger charge is 2.29. The van der Waals surface area contributed by atoms with Gasteiger partial charge in [0.25, 0.3) is 0 Å². The van der Waals surface area contributed by atoms with E-state index in [1.54, 1.807) is 48.5 Å².